The molecule has 2 N–H and O–H groups in total. The molecule has 150 valence electrons. The molecule has 0 aliphatic heterocycles. The fourth-order valence-corrected chi connectivity index (χ4v) is 3.16. The summed E-state index contributed by atoms with van der Waals surface area (Å²) >= 11 is 0. The van der Waals surface area contributed by atoms with E-state index in [0.717, 1.165) is 18.2 Å². The zero-order chi connectivity index (χ0) is 21.1. The van der Waals surface area contributed by atoms with E-state index in [9.17, 15) is 18.4 Å². The molecule has 2 aromatic carbocycles. The number of nitrogens with zero attached hydrogens (tertiary/aromatic N) is 2. The molecule has 29 heavy (non-hydrogen) atoms. The Morgan fingerprint density at radius 1 is 1.21 bits per heavy atom. The number of rotatable bonds is 5. The molecule has 0 saturated carbocycles. The van der Waals surface area contributed by atoms with Crippen molar-refractivity contribution in [2.45, 2.75) is 26.7 Å². The van der Waals surface area contributed by atoms with E-state index in [1.807, 2.05) is 6.92 Å². The lowest BCUT2D eigenvalue weighted by atomic mass is 10.1. The van der Waals surface area contributed by atoms with Crippen LogP contribution in [0.25, 0.3) is 22.7 Å². The Morgan fingerprint density at radius 2 is 1.97 bits per heavy atom. The molecule has 6 nitrogen and oxygen atoms in total. The van der Waals surface area contributed by atoms with Gasteiger partial charge in [-0.2, -0.15) is 0 Å². The highest BCUT2D eigenvalue weighted by atomic mass is 19.1. The summed E-state index contributed by atoms with van der Waals surface area (Å²) in [6.07, 6.45) is 2.89. The van der Waals surface area contributed by atoms with Gasteiger partial charge in [-0.15, -0.1) is 0 Å². The van der Waals surface area contributed by atoms with Gasteiger partial charge < -0.3 is 0 Å². The number of hydroxylamine groups is 1. The van der Waals surface area contributed by atoms with Gasteiger partial charge >= 0.3 is 0 Å². The van der Waals surface area contributed by atoms with Crippen LogP contribution in [0.15, 0.2) is 41.2 Å². The van der Waals surface area contributed by atoms with Crippen molar-refractivity contribution in [3.63, 3.8) is 0 Å². The summed E-state index contributed by atoms with van der Waals surface area (Å²) in [6.45, 7) is 3.63. The van der Waals surface area contributed by atoms with Gasteiger partial charge in [0.15, 0.2) is 0 Å². The molecule has 3 aromatic rings. The number of fused-ring (bicyclic) bond motifs is 1. The van der Waals surface area contributed by atoms with E-state index in [1.54, 1.807) is 19.1 Å². The molecule has 1 amide bonds. The number of amides is 1. The van der Waals surface area contributed by atoms with Crippen molar-refractivity contribution in [1.29, 1.82) is 0 Å². The highest BCUT2D eigenvalue weighted by Crippen LogP contribution is 2.23. The monoisotopic (exact) mass is 399 g/mol. The van der Waals surface area contributed by atoms with Crippen molar-refractivity contribution in [2.24, 2.45) is 0 Å². The Kier molecular flexibility index (Phi) is 5.84. The quantitative estimate of drug-likeness (QED) is 0.392. The summed E-state index contributed by atoms with van der Waals surface area (Å²) < 4.78 is 30.3. The number of carbonyl (C=O) groups is 1. The second-order valence-electron chi connectivity index (χ2n) is 6.32. The minimum atomic E-state index is -0.847. The molecule has 8 heteroatoms. The molecule has 3 rings (SSSR count). The van der Waals surface area contributed by atoms with Crippen LogP contribution in [0.5, 0.6) is 0 Å². The predicted octanol–water partition coefficient (Wildman–Crippen LogP) is 3.31. The van der Waals surface area contributed by atoms with E-state index < -0.39 is 23.1 Å². The lowest BCUT2D eigenvalue weighted by Gasteiger charge is -2.16. The minimum Gasteiger partial charge on any atom is -0.288 e. The van der Waals surface area contributed by atoms with Crippen molar-refractivity contribution in [3.8, 4) is 5.69 Å². The molecule has 0 spiro atoms. The zero-order valence-electron chi connectivity index (χ0n) is 15.9. The second kappa shape index (κ2) is 8.32. The molecule has 0 fully saturated rings. The van der Waals surface area contributed by atoms with E-state index in [4.69, 9.17) is 5.21 Å². The summed E-state index contributed by atoms with van der Waals surface area (Å²) in [4.78, 5) is 28.8. The first-order valence-corrected chi connectivity index (χ1v) is 9.06. The van der Waals surface area contributed by atoms with Gasteiger partial charge in [0.05, 0.1) is 16.6 Å². The molecule has 0 radical (unpaired) electrons. The number of para-hydroxylation sites is 1. The van der Waals surface area contributed by atoms with E-state index >= 15 is 0 Å². The van der Waals surface area contributed by atoms with Crippen LogP contribution in [0.4, 0.5) is 8.78 Å². The van der Waals surface area contributed by atoms with Crippen molar-refractivity contribution >= 4 is 22.9 Å². The van der Waals surface area contributed by atoms with Gasteiger partial charge in [0.1, 0.15) is 17.5 Å². The summed E-state index contributed by atoms with van der Waals surface area (Å²) in [5.41, 5.74) is 1.74. The maximum Gasteiger partial charge on any atom is 0.267 e. The fraction of sp³-hybridized carbons (Fsp3) is 0.190. The lowest BCUT2D eigenvalue weighted by Crippen LogP contribution is -2.26. The van der Waals surface area contributed by atoms with Crippen molar-refractivity contribution in [2.75, 3.05) is 0 Å². The number of aromatic nitrogens is 2. The maximum atomic E-state index is 14.7. The third-order valence-corrected chi connectivity index (χ3v) is 4.57. The first kappa shape index (κ1) is 20.3. The molecule has 0 saturated heterocycles. The second-order valence-corrected chi connectivity index (χ2v) is 6.32. The highest BCUT2D eigenvalue weighted by molar-refractivity contribution is 5.91. The number of hydrogen-bond acceptors (Lipinski definition) is 4. The summed E-state index contributed by atoms with van der Waals surface area (Å²) in [6, 6.07) is 6.94. The predicted molar refractivity (Wildman–Crippen MR) is 105 cm³/mol. The maximum absolute atomic E-state index is 14.7. The Labute approximate surface area is 165 Å². The van der Waals surface area contributed by atoms with Gasteiger partial charge in [-0.05, 0) is 30.2 Å². The van der Waals surface area contributed by atoms with Crippen LogP contribution in [0, 0.1) is 11.6 Å². The first-order chi connectivity index (χ1) is 13.9. The molecule has 0 unspecified atom stereocenters. The normalized spacial score (nSPS) is 11.3. The van der Waals surface area contributed by atoms with Crippen LogP contribution in [-0.2, 0) is 17.6 Å². The van der Waals surface area contributed by atoms with Crippen LogP contribution < -0.4 is 11.0 Å². The Balaban J connectivity index is 2.34. The minimum absolute atomic E-state index is 0.0416. The van der Waals surface area contributed by atoms with E-state index in [0.29, 0.717) is 24.2 Å². The van der Waals surface area contributed by atoms with Crippen LogP contribution >= 0.6 is 0 Å². The van der Waals surface area contributed by atoms with Crippen LogP contribution in [0.1, 0.15) is 30.8 Å². The molecule has 0 atom stereocenters. The Hall–Kier alpha value is -3.39. The van der Waals surface area contributed by atoms with Crippen LogP contribution in [0.2, 0.25) is 0 Å². The molecule has 0 aliphatic rings. The smallest absolute Gasteiger partial charge is 0.267 e. The largest absolute Gasteiger partial charge is 0.288 e. The van der Waals surface area contributed by atoms with Gasteiger partial charge in [0, 0.05) is 24.1 Å². The molecule has 1 aromatic heterocycles. The topological polar surface area (TPSA) is 84.2 Å². The number of benzene rings is 2. The molecular formula is C21H19F2N3O3. The van der Waals surface area contributed by atoms with Crippen molar-refractivity contribution in [1.82, 2.24) is 15.0 Å². The van der Waals surface area contributed by atoms with Crippen molar-refractivity contribution < 1.29 is 18.8 Å². The number of hydrogen-bond donors (Lipinski definition) is 2. The molecule has 0 aliphatic carbocycles. The van der Waals surface area contributed by atoms with Crippen LogP contribution in [0.3, 0.4) is 0 Å². The first-order valence-electron chi connectivity index (χ1n) is 9.06. The third-order valence-electron chi connectivity index (χ3n) is 4.57. The number of nitrogens with one attached hydrogen (secondary N) is 1. The van der Waals surface area contributed by atoms with E-state index in [1.165, 1.54) is 22.2 Å². The van der Waals surface area contributed by atoms with Crippen LogP contribution in [-0.4, -0.2) is 20.7 Å². The summed E-state index contributed by atoms with van der Waals surface area (Å²) in [5, 5.41) is 8.63. The Bertz CT molecular complexity index is 1190. The van der Waals surface area contributed by atoms with Crippen molar-refractivity contribution in [3.05, 3.63) is 75.3 Å². The van der Waals surface area contributed by atoms with Gasteiger partial charge in [-0.1, -0.05) is 26.0 Å². The zero-order valence-corrected chi connectivity index (χ0v) is 15.9. The summed E-state index contributed by atoms with van der Waals surface area (Å²) in [7, 11) is 0. The number of aryl methyl sites for hydroxylation is 2. The van der Waals surface area contributed by atoms with Gasteiger partial charge in [0.2, 0.25) is 0 Å². The average molecular weight is 399 g/mol. The van der Waals surface area contributed by atoms with Gasteiger partial charge in [-0.25, -0.2) is 19.2 Å². The molecule has 1 heterocycles. The van der Waals surface area contributed by atoms with E-state index in [2.05, 4.69) is 4.98 Å². The Morgan fingerprint density at radius 3 is 2.62 bits per heavy atom. The SMILES string of the molecule is CCc1cccc(F)c1-n1c(CC)nc2cc(F)c(/C=C/C(=O)NO)cc2c1=O. The highest BCUT2D eigenvalue weighted by Gasteiger charge is 2.18. The fourth-order valence-electron chi connectivity index (χ4n) is 3.16. The summed E-state index contributed by atoms with van der Waals surface area (Å²) in [5.74, 6) is -1.78. The lowest BCUT2D eigenvalue weighted by molar-refractivity contribution is -0.124. The molecule has 0 bridgehead atoms. The van der Waals surface area contributed by atoms with Gasteiger partial charge in [0.25, 0.3) is 11.5 Å². The van der Waals surface area contributed by atoms with Gasteiger partial charge in [-0.3, -0.25) is 19.4 Å². The van der Waals surface area contributed by atoms with E-state index in [-0.39, 0.29) is 22.2 Å². The standard InChI is InChI=1S/C21H19F2N3O3/c1-3-12-6-5-7-15(22)20(12)26-18(4-2)24-17-11-16(23)13(8-9-19(27)25-29)10-14(17)21(26)28/h5-11,29H,3-4H2,1-2H3,(H,25,27)/b9-8+. The average Bonchev–Trinajstić information content (AvgIpc) is 2.72. The number of halogens is 2. The third kappa shape index (κ3) is 3.79. The molecular weight excluding hydrogens is 380 g/mol. The number of carbonyl (C=O) groups excluding carboxylic acids is 1.